The van der Waals surface area contributed by atoms with Gasteiger partial charge in [0.2, 0.25) is 0 Å². The topological polar surface area (TPSA) is 70.1 Å². The molecule has 1 atom stereocenters. The lowest BCUT2D eigenvalue weighted by molar-refractivity contribution is -0.140. The highest BCUT2D eigenvalue weighted by molar-refractivity contribution is 6.46. The Morgan fingerprint density at radius 1 is 0.939 bits per heavy atom. The average molecular weight is 443 g/mol. The number of anilines is 1. The number of aliphatic hydroxyl groups excluding tert-OH is 1. The Kier molecular flexibility index (Phi) is 6.18. The average Bonchev–Trinajstić information content (AvgIpc) is 3.09. The van der Waals surface area contributed by atoms with Crippen molar-refractivity contribution in [3.05, 3.63) is 101 Å². The third kappa shape index (κ3) is 4.32. The van der Waals surface area contributed by atoms with Crippen LogP contribution in [0.4, 0.5) is 5.69 Å². The summed E-state index contributed by atoms with van der Waals surface area (Å²) in [5.41, 5.74) is 3.18. The van der Waals surface area contributed by atoms with Crippen molar-refractivity contribution < 1.29 is 19.4 Å². The molecule has 1 heterocycles. The van der Waals surface area contributed by atoms with E-state index in [1.54, 1.807) is 31.4 Å². The molecule has 1 unspecified atom stereocenters. The van der Waals surface area contributed by atoms with Crippen molar-refractivity contribution in [1.29, 1.82) is 0 Å². The maximum absolute atomic E-state index is 13.2. The zero-order chi connectivity index (χ0) is 23.5. The molecule has 0 aromatic heterocycles. The fourth-order valence-corrected chi connectivity index (χ4v) is 4.03. The van der Waals surface area contributed by atoms with Gasteiger partial charge in [0.1, 0.15) is 11.5 Å². The number of hydrogen-bond donors (Lipinski definition) is 1. The van der Waals surface area contributed by atoms with E-state index in [1.165, 1.54) is 4.90 Å². The molecule has 168 valence electrons. The van der Waals surface area contributed by atoms with Crippen molar-refractivity contribution in [2.75, 3.05) is 26.1 Å². The highest BCUT2D eigenvalue weighted by Gasteiger charge is 2.46. The first-order valence-corrected chi connectivity index (χ1v) is 10.6. The monoisotopic (exact) mass is 442 g/mol. The van der Waals surface area contributed by atoms with Crippen LogP contribution in [-0.4, -0.2) is 42.9 Å². The maximum atomic E-state index is 13.2. The number of aliphatic hydroxyl groups is 1. The number of ether oxygens (including phenoxy) is 1. The minimum absolute atomic E-state index is 0.0821. The van der Waals surface area contributed by atoms with Gasteiger partial charge in [0, 0.05) is 31.9 Å². The van der Waals surface area contributed by atoms with E-state index in [-0.39, 0.29) is 17.9 Å². The molecule has 0 radical (unpaired) electrons. The van der Waals surface area contributed by atoms with Gasteiger partial charge in [-0.05, 0) is 47.5 Å². The molecule has 3 aromatic rings. The highest BCUT2D eigenvalue weighted by Crippen LogP contribution is 2.40. The third-order valence-electron chi connectivity index (χ3n) is 5.82. The van der Waals surface area contributed by atoms with Crippen LogP contribution in [0.3, 0.4) is 0 Å². The second-order valence-corrected chi connectivity index (χ2v) is 8.13. The van der Waals surface area contributed by atoms with Crippen LogP contribution in [0.5, 0.6) is 5.75 Å². The normalized spacial score (nSPS) is 17.3. The van der Waals surface area contributed by atoms with Crippen molar-refractivity contribution in [3.63, 3.8) is 0 Å². The first-order valence-electron chi connectivity index (χ1n) is 10.6. The van der Waals surface area contributed by atoms with Gasteiger partial charge in [0.15, 0.2) is 0 Å². The van der Waals surface area contributed by atoms with Crippen LogP contribution in [0.2, 0.25) is 0 Å². The number of likely N-dealkylation sites (tertiary alicyclic amines) is 1. The molecular formula is C27H26N2O4. The van der Waals surface area contributed by atoms with E-state index in [0.717, 1.165) is 16.8 Å². The van der Waals surface area contributed by atoms with Crippen molar-refractivity contribution in [2.45, 2.75) is 12.6 Å². The molecule has 1 fully saturated rings. The van der Waals surface area contributed by atoms with Gasteiger partial charge in [0.05, 0.1) is 18.7 Å². The van der Waals surface area contributed by atoms with E-state index >= 15 is 0 Å². The Morgan fingerprint density at radius 3 is 2.15 bits per heavy atom. The lowest BCUT2D eigenvalue weighted by Crippen LogP contribution is -2.29. The van der Waals surface area contributed by atoms with Crippen LogP contribution in [0.25, 0.3) is 5.76 Å². The van der Waals surface area contributed by atoms with E-state index in [2.05, 4.69) is 0 Å². The summed E-state index contributed by atoms with van der Waals surface area (Å²) in [6.45, 7) is 0.255. The van der Waals surface area contributed by atoms with Crippen LogP contribution in [-0.2, 0) is 16.1 Å². The molecule has 0 saturated carbocycles. The van der Waals surface area contributed by atoms with Crippen LogP contribution >= 0.6 is 0 Å². The molecule has 1 amide bonds. The summed E-state index contributed by atoms with van der Waals surface area (Å²) in [4.78, 5) is 29.8. The Bertz CT molecular complexity index is 1180. The molecule has 1 aliphatic rings. The number of carbonyl (C=O) groups excluding carboxylic acids is 2. The van der Waals surface area contributed by atoms with Gasteiger partial charge in [-0.25, -0.2) is 0 Å². The van der Waals surface area contributed by atoms with E-state index in [4.69, 9.17) is 4.74 Å². The number of hydrogen-bond acceptors (Lipinski definition) is 5. The molecule has 4 rings (SSSR count). The lowest BCUT2D eigenvalue weighted by Gasteiger charge is -2.26. The Morgan fingerprint density at radius 2 is 1.58 bits per heavy atom. The molecule has 6 nitrogen and oxygen atoms in total. The van der Waals surface area contributed by atoms with Crippen LogP contribution in [0.1, 0.15) is 22.7 Å². The third-order valence-corrected chi connectivity index (χ3v) is 5.82. The zero-order valence-corrected chi connectivity index (χ0v) is 18.9. The number of methoxy groups -OCH3 is 1. The zero-order valence-electron chi connectivity index (χ0n) is 18.9. The molecule has 33 heavy (non-hydrogen) atoms. The molecule has 6 heteroatoms. The Hall–Kier alpha value is -4.06. The van der Waals surface area contributed by atoms with Gasteiger partial charge < -0.3 is 19.6 Å². The predicted molar refractivity (Wildman–Crippen MR) is 128 cm³/mol. The first kappa shape index (κ1) is 22.1. The fourth-order valence-electron chi connectivity index (χ4n) is 4.03. The smallest absolute Gasteiger partial charge is 0.295 e. The lowest BCUT2D eigenvalue weighted by atomic mass is 9.95. The van der Waals surface area contributed by atoms with E-state index in [1.807, 2.05) is 73.6 Å². The minimum Gasteiger partial charge on any atom is -0.507 e. The van der Waals surface area contributed by atoms with Gasteiger partial charge in [-0.3, -0.25) is 9.59 Å². The van der Waals surface area contributed by atoms with E-state index in [9.17, 15) is 14.7 Å². The maximum Gasteiger partial charge on any atom is 0.295 e. The second kappa shape index (κ2) is 9.20. The number of Topliss-reactive ketones (excluding diaryl/α,β-unsaturated/α-hetero) is 1. The predicted octanol–water partition coefficient (Wildman–Crippen LogP) is 4.38. The van der Waals surface area contributed by atoms with Crippen LogP contribution in [0.15, 0.2) is 84.4 Å². The molecular weight excluding hydrogens is 416 g/mol. The molecule has 3 aromatic carbocycles. The standard InChI is InChI=1S/C27H26N2O4/c1-28(2)21-13-9-19(10-14-21)24-23(25(30)20-11-15-22(33-3)16-12-20)26(31)27(32)29(24)17-18-7-5-4-6-8-18/h4-16,24,30H,17H2,1-3H3. The summed E-state index contributed by atoms with van der Waals surface area (Å²) in [5.74, 6) is -0.892. The summed E-state index contributed by atoms with van der Waals surface area (Å²) >= 11 is 0. The van der Waals surface area contributed by atoms with Gasteiger partial charge in [0.25, 0.3) is 11.7 Å². The molecule has 1 saturated heterocycles. The van der Waals surface area contributed by atoms with E-state index < -0.39 is 17.7 Å². The molecule has 0 bridgehead atoms. The largest absolute Gasteiger partial charge is 0.507 e. The van der Waals surface area contributed by atoms with Crippen molar-refractivity contribution >= 4 is 23.1 Å². The van der Waals surface area contributed by atoms with Crippen molar-refractivity contribution in [1.82, 2.24) is 4.90 Å². The number of ketones is 1. The number of carbonyl (C=O) groups is 2. The summed E-state index contributed by atoms with van der Waals surface area (Å²) in [7, 11) is 5.45. The van der Waals surface area contributed by atoms with Crippen molar-refractivity contribution in [3.8, 4) is 5.75 Å². The van der Waals surface area contributed by atoms with E-state index in [0.29, 0.717) is 11.3 Å². The first-order chi connectivity index (χ1) is 15.9. The molecule has 1 N–H and O–H groups in total. The quantitative estimate of drug-likeness (QED) is 0.349. The minimum atomic E-state index is -0.705. The van der Waals surface area contributed by atoms with Crippen LogP contribution < -0.4 is 9.64 Å². The van der Waals surface area contributed by atoms with Crippen molar-refractivity contribution in [2.24, 2.45) is 0 Å². The number of benzene rings is 3. The molecule has 0 aliphatic carbocycles. The second-order valence-electron chi connectivity index (χ2n) is 8.13. The van der Waals surface area contributed by atoms with Gasteiger partial charge >= 0.3 is 0 Å². The van der Waals surface area contributed by atoms with Gasteiger partial charge in [-0.2, -0.15) is 0 Å². The van der Waals surface area contributed by atoms with Gasteiger partial charge in [-0.1, -0.05) is 42.5 Å². The summed E-state index contributed by atoms with van der Waals surface area (Å²) in [6.07, 6.45) is 0. The number of nitrogens with zero attached hydrogens (tertiary/aromatic N) is 2. The summed E-state index contributed by atoms with van der Waals surface area (Å²) < 4.78 is 5.19. The Labute approximate surface area is 193 Å². The van der Waals surface area contributed by atoms with Gasteiger partial charge in [-0.15, -0.1) is 0 Å². The summed E-state index contributed by atoms with van der Waals surface area (Å²) in [6, 6.07) is 23.2. The highest BCUT2D eigenvalue weighted by atomic mass is 16.5. The molecule has 1 aliphatic heterocycles. The van der Waals surface area contributed by atoms with Crippen LogP contribution in [0, 0.1) is 0 Å². The molecule has 0 spiro atoms. The SMILES string of the molecule is COc1ccc(C(O)=C2C(=O)C(=O)N(Cc3ccccc3)C2c2ccc(N(C)C)cc2)cc1. The number of amides is 1. The summed E-state index contributed by atoms with van der Waals surface area (Å²) in [5, 5.41) is 11.2. The Balaban J connectivity index is 1.83. The number of rotatable bonds is 6. The fraction of sp³-hybridized carbons (Fsp3) is 0.185.